The Morgan fingerprint density at radius 1 is 1.25 bits per heavy atom. The molecule has 0 radical (unpaired) electrons. The summed E-state index contributed by atoms with van der Waals surface area (Å²) < 4.78 is 24.7. The van der Waals surface area contributed by atoms with E-state index < -0.39 is 10.0 Å². The average Bonchev–Trinajstić information content (AvgIpc) is 2.17. The first-order valence-corrected chi connectivity index (χ1v) is 6.55. The Morgan fingerprint density at radius 3 is 2.12 bits per heavy atom. The molecule has 16 heavy (non-hydrogen) atoms. The highest BCUT2D eigenvalue weighted by Crippen LogP contribution is 2.14. The third-order valence-electron chi connectivity index (χ3n) is 2.26. The lowest BCUT2D eigenvalue weighted by atomic mass is 10.1. The van der Waals surface area contributed by atoms with E-state index in [2.05, 4.69) is 0 Å². The maximum absolute atomic E-state index is 11.8. The molecule has 2 N–H and O–H groups in total. The van der Waals surface area contributed by atoms with Crippen LogP contribution in [0, 0.1) is 0 Å². The second-order valence-electron chi connectivity index (χ2n) is 4.11. The van der Waals surface area contributed by atoms with Crippen molar-refractivity contribution in [1.29, 1.82) is 0 Å². The number of hydrogen-bond acceptors (Lipinski definition) is 3. The third-order valence-corrected chi connectivity index (χ3v) is 4.09. The topological polar surface area (TPSA) is 63.4 Å². The van der Waals surface area contributed by atoms with Crippen LogP contribution in [0.15, 0.2) is 29.2 Å². The van der Waals surface area contributed by atoms with E-state index in [0.29, 0.717) is 4.90 Å². The lowest BCUT2D eigenvalue weighted by Gasteiger charge is -2.12. The molecule has 0 aromatic heterocycles. The van der Waals surface area contributed by atoms with Gasteiger partial charge in [0.25, 0.3) is 0 Å². The van der Waals surface area contributed by atoms with Gasteiger partial charge in [-0.1, -0.05) is 12.1 Å². The Labute approximate surface area is 97.1 Å². The van der Waals surface area contributed by atoms with Crippen LogP contribution >= 0.6 is 0 Å². The molecule has 0 aliphatic carbocycles. The summed E-state index contributed by atoms with van der Waals surface area (Å²) in [5, 5.41) is 0. The number of sulfonamides is 1. The first-order valence-electron chi connectivity index (χ1n) is 5.11. The largest absolute Gasteiger partial charge is 0.328 e. The van der Waals surface area contributed by atoms with Gasteiger partial charge >= 0.3 is 0 Å². The summed E-state index contributed by atoms with van der Waals surface area (Å²) in [4.78, 5) is 0.311. The molecule has 1 aromatic carbocycles. The number of hydrogen-bond donors (Lipinski definition) is 1. The fourth-order valence-corrected chi connectivity index (χ4v) is 2.28. The zero-order chi connectivity index (χ0) is 12.3. The maximum atomic E-state index is 11.8. The van der Waals surface area contributed by atoms with E-state index in [4.69, 9.17) is 5.73 Å². The van der Waals surface area contributed by atoms with Crippen molar-refractivity contribution in [2.45, 2.75) is 24.3 Å². The van der Waals surface area contributed by atoms with Gasteiger partial charge in [0, 0.05) is 20.1 Å². The molecule has 0 saturated carbocycles. The second-order valence-corrected chi connectivity index (χ2v) is 6.26. The molecule has 0 fully saturated rings. The summed E-state index contributed by atoms with van der Waals surface area (Å²) in [5.74, 6) is 0. The van der Waals surface area contributed by atoms with Crippen molar-refractivity contribution in [3.05, 3.63) is 29.8 Å². The van der Waals surface area contributed by atoms with Crippen LogP contribution in [0.2, 0.25) is 0 Å². The molecule has 1 aromatic rings. The Balaban J connectivity index is 2.96. The Morgan fingerprint density at radius 2 is 1.75 bits per heavy atom. The van der Waals surface area contributed by atoms with E-state index >= 15 is 0 Å². The Kier molecular flexibility index (Phi) is 4.07. The van der Waals surface area contributed by atoms with E-state index in [0.717, 1.165) is 12.0 Å². The highest BCUT2D eigenvalue weighted by molar-refractivity contribution is 7.89. The Hall–Kier alpha value is -0.910. The van der Waals surface area contributed by atoms with Gasteiger partial charge in [-0.25, -0.2) is 12.7 Å². The first-order chi connectivity index (χ1) is 7.34. The van der Waals surface area contributed by atoms with Crippen molar-refractivity contribution in [2.24, 2.45) is 5.73 Å². The molecule has 0 heterocycles. The minimum atomic E-state index is -3.32. The van der Waals surface area contributed by atoms with Gasteiger partial charge in [0.05, 0.1) is 4.90 Å². The second kappa shape index (κ2) is 4.95. The lowest BCUT2D eigenvalue weighted by molar-refractivity contribution is 0.520. The molecule has 1 atom stereocenters. The van der Waals surface area contributed by atoms with Crippen molar-refractivity contribution >= 4 is 10.0 Å². The normalized spacial score (nSPS) is 14.1. The molecule has 90 valence electrons. The molecular formula is C11H18N2O2S. The number of benzene rings is 1. The van der Waals surface area contributed by atoms with Gasteiger partial charge < -0.3 is 5.73 Å². The van der Waals surface area contributed by atoms with E-state index in [-0.39, 0.29) is 6.04 Å². The summed E-state index contributed by atoms with van der Waals surface area (Å²) in [7, 11) is -0.282. The van der Waals surface area contributed by atoms with Crippen molar-refractivity contribution in [3.63, 3.8) is 0 Å². The fourth-order valence-electron chi connectivity index (χ4n) is 1.38. The van der Waals surface area contributed by atoms with Gasteiger partial charge in [-0.2, -0.15) is 0 Å². The summed E-state index contributed by atoms with van der Waals surface area (Å²) in [6, 6.07) is 6.93. The van der Waals surface area contributed by atoms with Crippen molar-refractivity contribution < 1.29 is 8.42 Å². The smallest absolute Gasteiger partial charge is 0.242 e. The standard InChI is InChI=1S/C11H18N2O2S/c1-9(12)8-10-4-6-11(7-5-10)16(14,15)13(2)3/h4-7,9H,8,12H2,1-3H3. The zero-order valence-corrected chi connectivity index (χ0v) is 10.7. The predicted octanol–water partition coefficient (Wildman–Crippen LogP) is 0.827. The van der Waals surface area contributed by atoms with Crippen LogP contribution in [0.4, 0.5) is 0 Å². The maximum Gasteiger partial charge on any atom is 0.242 e. The van der Waals surface area contributed by atoms with Crippen LogP contribution in [-0.4, -0.2) is 32.9 Å². The molecule has 4 nitrogen and oxygen atoms in total. The average molecular weight is 242 g/mol. The van der Waals surface area contributed by atoms with Crippen LogP contribution in [0.5, 0.6) is 0 Å². The first kappa shape index (κ1) is 13.2. The molecule has 0 saturated heterocycles. The molecule has 0 aliphatic heterocycles. The van der Waals surface area contributed by atoms with Gasteiger partial charge in [-0.15, -0.1) is 0 Å². The molecule has 1 rings (SSSR count). The van der Waals surface area contributed by atoms with Crippen molar-refractivity contribution in [1.82, 2.24) is 4.31 Å². The molecule has 1 unspecified atom stereocenters. The molecule has 5 heteroatoms. The third kappa shape index (κ3) is 3.04. The fraction of sp³-hybridized carbons (Fsp3) is 0.455. The summed E-state index contributed by atoms with van der Waals surface area (Å²) in [6.45, 7) is 1.92. The number of nitrogens with zero attached hydrogens (tertiary/aromatic N) is 1. The van der Waals surface area contributed by atoms with Crippen LogP contribution in [0.3, 0.4) is 0 Å². The van der Waals surface area contributed by atoms with Gasteiger partial charge in [0.1, 0.15) is 0 Å². The SMILES string of the molecule is CC(N)Cc1ccc(S(=O)(=O)N(C)C)cc1. The molecule has 0 amide bonds. The van der Waals surface area contributed by atoms with E-state index in [1.807, 2.05) is 6.92 Å². The van der Waals surface area contributed by atoms with Gasteiger partial charge in [-0.3, -0.25) is 0 Å². The van der Waals surface area contributed by atoms with Crippen molar-refractivity contribution in [3.8, 4) is 0 Å². The van der Waals surface area contributed by atoms with E-state index in [9.17, 15) is 8.42 Å². The van der Waals surface area contributed by atoms with Crippen LogP contribution in [-0.2, 0) is 16.4 Å². The molecule has 0 bridgehead atoms. The molecule has 0 spiro atoms. The molecular weight excluding hydrogens is 224 g/mol. The number of nitrogens with two attached hydrogens (primary N) is 1. The minimum absolute atomic E-state index is 0.0799. The lowest BCUT2D eigenvalue weighted by Crippen LogP contribution is -2.22. The summed E-state index contributed by atoms with van der Waals surface area (Å²) >= 11 is 0. The van der Waals surface area contributed by atoms with Crippen molar-refractivity contribution in [2.75, 3.05) is 14.1 Å². The summed E-state index contributed by atoms with van der Waals surface area (Å²) in [6.07, 6.45) is 0.752. The molecule has 0 aliphatic rings. The predicted molar refractivity (Wildman–Crippen MR) is 64.7 cm³/mol. The van der Waals surface area contributed by atoms with Gasteiger partial charge in [0.15, 0.2) is 0 Å². The van der Waals surface area contributed by atoms with Crippen LogP contribution in [0.25, 0.3) is 0 Å². The number of rotatable bonds is 4. The minimum Gasteiger partial charge on any atom is -0.328 e. The van der Waals surface area contributed by atoms with Gasteiger partial charge in [0.2, 0.25) is 10.0 Å². The quantitative estimate of drug-likeness (QED) is 0.850. The Bertz CT molecular complexity index is 436. The monoisotopic (exact) mass is 242 g/mol. The highest BCUT2D eigenvalue weighted by atomic mass is 32.2. The van der Waals surface area contributed by atoms with Crippen LogP contribution in [0.1, 0.15) is 12.5 Å². The van der Waals surface area contributed by atoms with E-state index in [1.54, 1.807) is 24.3 Å². The van der Waals surface area contributed by atoms with E-state index in [1.165, 1.54) is 18.4 Å². The zero-order valence-electron chi connectivity index (χ0n) is 9.84. The summed E-state index contributed by atoms with van der Waals surface area (Å²) in [5.41, 5.74) is 6.72. The van der Waals surface area contributed by atoms with Crippen LogP contribution < -0.4 is 5.73 Å². The highest BCUT2D eigenvalue weighted by Gasteiger charge is 2.16. The van der Waals surface area contributed by atoms with Gasteiger partial charge in [-0.05, 0) is 31.0 Å².